The molecule has 0 N–H and O–H groups in total. The van der Waals surface area contributed by atoms with Crippen LogP contribution in [0, 0.1) is 0 Å². The number of benzene rings is 1. The van der Waals surface area contributed by atoms with E-state index in [1.807, 2.05) is 51.1 Å². The van der Waals surface area contributed by atoms with E-state index >= 15 is 0 Å². The molecule has 3 rings (SSSR count). The molecule has 4 nitrogen and oxygen atoms in total. The molecule has 1 saturated heterocycles. The fourth-order valence-electron chi connectivity index (χ4n) is 2.68. The van der Waals surface area contributed by atoms with Crippen LogP contribution >= 0.6 is 0 Å². The monoisotopic (exact) mass is 308 g/mol. The fraction of sp³-hybridized carbons (Fsp3) is 0.600. The van der Waals surface area contributed by atoms with E-state index in [2.05, 4.69) is 0 Å². The molecule has 2 aliphatic rings. The minimum absolute atomic E-state index is 0.0149. The first-order valence-electron chi connectivity index (χ1n) is 7.36. The Labute approximate surface area is 126 Å². The smallest absolute Gasteiger partial charge is 0.399 e. The van der Waals surface area contributed by atoms with Crippen molar-refractivity contribution in [3.8, 4) is 0 Å². The molecule has 1 heterocycles. The van der Waals surface area contributed by atoms with Gasteiger partial charge in [-0.25, -0.2) is 8.42 Å². The number of rotatable bonds is 4. The van der Waals surface area contributed by atoms with Crippen molar-refractivity contribution in [2.24, 2.45) is 0 Å². The molecule has 0 amide bonds. The van der Waals surface area contributed by atoms with Crippen molar-refractivity contribution in [1.29, 1.82) is 0 Å². The zero-order valence-electron chi connectivity index (χ0n) is 12.7. The van der Waals surface area contributed by atoms with Crippen LogP contribution in [0.1, 0.15) is 33.6 Å². The first-order chi connectivity index (χ1) is 9.74. The Morgan fingerprint density at radius 3 is 2.33 bits per heavy atom. The lowest BCUT2D eigenvalue weighted by molar-refractivity contribution is 0.00834. The normalized spacial score (nSPS) is 28.8. The Hall–Kier alpha value is -0.845. The van der Waals surface area contributed by atoms with Crippen molar-refractivity contribution in [2.45, 2.75) is 50.1 Å². The minimum Gasteiger partial charge on any atom is -0.399 e. The van der Waals surface area contributed by atoms with Crippen LogP contribution in [-0.4, -0.2) is 37.7 Å². The van der Waals surface area contributed by atoms with Gasteiger partial charge in [-0.2, -0.15) is 0 Å². The summed E-state index contributed by atoms with van der Waals surface area (Å²) >= 11 is 0. The van der Waals surface area contributed by atoms with Crippen molar-refractivity contribution in [3.63, 3.8) is 0 Å². The maximum absolute atomic E-state index is 12.3. The van der Waals surface area contributed by atoms with E-state index in [1.165, 1.54) is 0 Å². The largest absolute Gasteiger partial charge is 0.494 e. The third-order valence-corrected chi connectivity index (χ3v) is 7.06. The molecule has 0 aromatic heterocycles. The molecule has 1 aromatic carbocycles. The predicted molar refractivity (Wildman–Crippen MR) is 83.3 cm³/mol. The summed E-state index contributed by atoms with van der Waals surface area (Å²) < 4.78 is 36.8. The molecule has 0 spiro atoms. The van der Waals surface area contributed by atoms with E-state index in [4.69, 9.17) is 9.31 Å². The molecular weight excluding hydrogens is 287 g/mol. The van der Waals surface area contributed by atoms with Crippen molar-refractivity contribution in [3.05, 3.63) is 30.3 Å². The molecule has 0 radical (unpaired) electrons. The van der Waals surface area contributed by atoms with Gasteiger partial charge in [-0.1, -0.05) is 30.3 Å². The van der Waals surface area contributed by atoms with Crippen molar-refractivity contribution < 1.29 is 17.7 Å². The summed E-state index contributed by atoms with van der Waals surface area (Å²) in [6.07, 6.45) is 1.56. The van der Waals surface area contributed by atoms with Gasteiger partial charge in [0.1, 0.15) is 0 Å². The third-order valence-electron chi connectivity index (χ3n) is 4.62. The molecule has 114 valence electrons. The first-order valence-corrected chi connectivity index (χ1v) is 9.07. The van der Waals surface area contributed by atoms with E-state index in [0.29, 0.717) is 0 Å². The Kier molecular flexibility index (Phi) is 3.47. The van der Waals surface area contributed by atoms with Gasteiger partial charge in [0, 0.05) is 0 Å². The predicted octanol–water partition coefficient (Wildman–Crippen LogP) is 1.54. The van der Waals surface area contributed by atoms with Crippen molar-refractivity contribution >= 4 is 22.4 Å². The van der Waals surface area contributed by atoms with Crippen LogP contribution in [0.15, 0.2) is 30.3 Å². The lowest BCUT2D eigenvalue weighted by atomic mass is 9.79. The first kappa shape index (κ1) is 15.1. The number of hydrogen-bond donors (Lipinski definition) is 0. The van der Waals surface area contributed by atoms with Gasteiger partial charge >= 0.3 is 7.12 Å². The Morgan fingerprint density at radius 2 is 1.76 bits per heavy atom. The Bertz CT molecular complexity index is 624. The molecule has 1 aliphatic heterocycles. The van der Waals surface area contributed by atoms with Crippen LogP contribution in [0.25, 0.3) is 0 Å². The summed E-state index contributed by atoms with van der Waals surface area (Å²) in [6.45, 7) is 5.65. The molecule has 1 aromatic rings. The van der Waals surface area contributed by atoms with Gasteiger partial charge in [0.05, 0.1) is 22.2 Å². The highest BCUT2D eigenvalue weighted by atomic mass is 32.2. The van der Waals surface area contributed by atoms with Gasteiger partial charge < -0.3 is 9.31 Å². The van der Waals surface area contributed by atoms with E-state index in [0.717, 1.165) is 18.3 Å². The quantitative estimate of drug-likeness (QED) is 0.792. The second kappa shape index (κ2) is 4.83. The van der Waals surface area contributed by atoms with Crippen molar-refractivity contribution in [1.82, 2.24) is 0 Å². The molecule has 0 bridgehead atoms. The lowest BCUT2D eigenvalue weighted by Crippen LogP contribution is -2.50. The molecular formula is C15H21BO4S. The maximum Gasteiger partial charge on any atom is 0.494 e. The average Bonchev–Trinajstić information content (AvgIpc) is 3.19. The van der Waals surface area contributed by atoms with Crippen LogP contribution in [-0.2, 0) is 19.1 Å². The summed E-state index contributed by atoms with van der Waals surface area (Å²) in [5, 5.41) is -0.176. The van der Waals surface area contributed by atoms with Gasteiger partial charge in [-0.15, -0.1) is 0 Å². The fourth-order valence-corrected chi connectivity index (χ4v) is 4.95. The SMILES string of the molecule is CC1(C)OB(c2ccccc2)OC1(C)CS(=O)(=O)C1CC1. The van der Waals surface area contributed by atoms with Gasteiger partial charge in [0.25, 0.3) is 0 Å². The highest BCUT2D eigenvalue weighted by molar-refractivity contribution is 7.92. The molecule has 21 heavy (non-hydrogen) atoms. The summed E-state index contributed by atoms with van der Waals surface area (Å²) in [5.41, 5.74) is -0.581. The van der Waals surface area contributed by atoms with Gasteiger partial charge in [0.2, 0.25) is 0 Å². The van der Waals surface area contributed by atoms with E-state index < -0.39 is 28.2 Å². The van der Waals surface area contributed by atoms with Crippen LogP contribution in [0.4, 0.5) is 0 Å². The maximum atomic E-state index is 12.3. The Morgan fingerprint density at radius 1 is 1.14 bits per heavy atom. The third kappa shape index (κ3) is 2.76. The second-order valence-electron chi connectivity index (χ2n) is 6.73. The number of sulfone groups is 1. The van der Waals surface area contributed by atoms with Gasteiger partial charge in [-0.05, 0) is 39.1 Å². The number of hydrogen-bond acceptors (Lipinski definition) is 4. The van der Waals surface area contributed by atoms with E-state index in [1.54, 1.807) is 0 Å². The summed E-state index contributed by atoms with van der Waals surface area (Å²) in [6, 6.07) is 9.64. The van der Waals surface area contributed by atoms with Gasteiger partial charge in [0.15, 0.2) is 9.84 Å². The van der Waals surface area contributed by atoms with Crippen molar-refractivity contribution in [2.75, 3.05) is 5.75 Å². The van der Waals surface area contributed by atoms with Crippen LogP contribution in [0.5, 0.6) is 0 Å². The molecule has 1 aliphatic carbocycles. The molecule has 2 fully saturated rings. The summed E-state index contributed by atoms with van der Waals surface area (Å²) in [5.74, 6) is 0.0149. The topological polar surface area (TPSA) is 52.6 Å². The van der Waals surface area contributed by atoms with E-state index in [9.17, 15) is 8.42 Å². The zero-order valence-corrected chi connectivity index (χ0v) is 13.5. The average molecular weight is 308 g/mol. The Balaban J connectivity index is 1.85. The summed E-state index contributed by atoms with van der Waals surface area (Å²) in [4.78, 5) is 0. The van der Waals surface area contributed by atoms with Gasteiger partial charge in [-0.3, -0.25) is 0 Å². The second-order valence-corrected chi connectivity index (χ2v) is 9.01. The molecule has 1 atom stereocenters. The van der Waals surface area contributed by atoms with Crippen LogP contribution < -0.4 is 5.46 Å². The van der Waals surface area contributed by atoms with E-state index in [-0.39, 0.29) is 11.0 Å². The summed E-state index contributed by atoms with van der Waals surface area (Å²) in [7, 11) is -3.62. The zero-order chi connectivity index (χ0) is 15.3. The molecule has 1 unspecified atom stereocenters. The van der Waals surface area contributed by atoms with Crippen LogP contribution in [0.2, 0.25) is 0 Å². The van der Waals surface area contributed by atoms with Crippen LogP contribution in [0.3, 0.4) is 0 Å². The highest BCUT2D eigenvalue weighted by Gasteiger charge is 2.57. The molecule has 6 heteroatoms. The minimum atomic E-state index is -3.11. The molecule has 1 saturated carbocycles. The highest BCUT2D eigenvalue weighted by Crippen LogP contribution is 2.41. The standard InChI is InChI=1S/C15H21BO4S/c1-14(2)15(3,11-21(17,18)13-9-10-13)20-16(19-14)12-7-5-4-6-8-12/h4-8,13H,9-11H2,1-3H3. The lowest BCUT2D eigenvalue weighted by Gasteiger charge is -2.36.